The first-order valence-electron chi connectivity index (χ1n) is 9.79. The smallest absolute Gasteiger partial charge is 0.249 e. The van der Waals surface area contributed by atoms with Crippen LogP contribution in [0.15, 0.2) is 54.7 Å². The minimum atomic E-state index is -0.684. The van der Waals surface area contributed by atoms with Crippen molar-refractivity contribution in [2.24, 2.45) is 5.73 Å². The maximum absolute atomic E-state index is 14.2. The first-order chi connectivity index (χ1) is 14.8. The van der Waals surface area contributed by atoms with Gasteiger partial charge in [0.1, 0.15) is 5.82 Å². The summed E-state index contributed by atoms with van der Waals surface area (Å²) in [6.07, 6.45) is 1.72. The van der Waals surface area contributed by atoms with Gasteiger partial charge in [0.25, 0.3) is 0 Å². The third-order valence-electron chi connectivity index (χ3n) is 5.08. The van der Waals surface area contributed by atoms with Crippen molar-refractivity contribution in [3.8, 4) is 5.95 Å². The molecule has 2 aromatic heterocycles. The van der Waals surface area contributed by atoms with Gasteiger partial charge in [0, 0.05) is 31.7 Å². The summed E-state index contributed by atoms with van der Waals surface area (Å²) in [5.74, 6) is -0.218. The van der Waals surface area contributed by atoms with E-state index in [0.29, 0.717) is 29.2 Å². The van der Waals surface area contributed by atoms with Gasteiger partial charge in [-0.25, -0.2) is 9.37 Å². The third-order valence-corrected chi connectivity index (χ3v) is 5.08. The van der Waals surface area contributed by atoms with Crippen molar-refractivity contribution < 1.29 is 9.18 Å². The average molecular weight is 418 g/mol. The van der Waals surface area contributed by atoms with Crippen molar-refractivity contribution in [1.82, 2.24) is 14.5 Å². The van der Waals surface area contributed by atoms with Crippen LogP contribution in [0.3, 0.4) is 0 Å². The van der Waals surface area contributed by atoms with E-state index >= 15 is 0 Å². The highest BCUT2D eigenvalue weighted by atomic mass is 19.1. The number of primary amides is 1. The Hall–Kier alpha value is -3.94. The predicted molar refractivity (Wildman–Crippen MR) is 120 cm³/mol. The van der Waals surface area contributed by atoms with E-state index in [2.05, 4.69) is 10.3 Å². The lowest BCUT2D eigenvalue weighted by molar-refractivity contribution is 0.100. The highest BCUT2D eigenvalue weighted by molar-refractivity contribution is 6.06. The van der Waals surface area contributed by atoms with Crippen LogP contribution in [0.4, 0.5) is 15.9 Å². The number of hydrogen-bond acceptors (Lipinski definition) is 5. The number of anilines is 2. The summed E-state index contributed by atoms with van der Waals surface area (Å²) in [6.45, 7) is 2.44. The Balaban J connectivity index is 1.82. The topological polar surface area (TPSA) is 89.1 Å². The summed E-state index contributed by atoms with van der Waals surface area (Å²) in [5, 5.41) is 3.93. The van der Waals surface area contributed by atoms with Gasteiger partial charge in [0.2, 0.25) is 11.9 Å². The van der Waals surface area contributed by atoms with Crippen LogP contribution in [0.25, 0.3) is 16.9 Å². The monoisotopic (exact) mass is 418 g/mol. The molecule has 0 spiro atoms. The summed E-state index contributed by atoms with van der Waals surface area (Å²) in [7, 11) is 3.83. The summed E-state index contributed by atoms with van der Waals surface area (Å²) in [5.41, 5.74) is 8.76. The van der Waals surface area contributed by atoms with Crippen molar-refractivity contribution in [1.29, 1.82) is 0 Å². The molecular formula is C23H23FN6O. The molecule has 0 atom stereocenters. The molecule has 0 aliphatic rings. The van der Waals surface area contributed by atoms with Crippen molar-refractivity contribution in [2.75, 3.05) is 24.3 Å². The summed E-state index contributed by atoms with van der Waals surface area (Å²) in [6, 6.07) is 14.3. The molecule has 0 fully saturated rings. The van der Waals surface area contributed by atoms with E-state index in [1.807, 2.05) is 56.3 Å². The van der Waals surface area contributed by atoms with Crippen molar-refractivity contribution in [2.45, 2.75) is 13.5 Å². The van der Waals surface area contributed by atoms with Gasteiger partial charge in [-0.3, -0.25) is 9.36 Å². The molecule has 0 radical (unpaired) electrons. The lowest BCUT2D eigenvalue weighted by atomic mass is 10.1. The number of rotatable bonds is 6. The Morgan fingerprint density at radius 3 is 2.61 bits per heavy atom. The standard InChI is InChI=1S/C23H23FN6O/c1-14-9-17-18(21(25)31)10-16(24)11-19(17)30(14)23-27-13-20(29(2)3)22(28-23)26-12-15-7-5-4-6-8-15/h4-11,13H,12H2,1-3H3,(H2,25,31)(H,26,27,28). The number of carbonyl (C=O) groups is 1. The van der Waals surface area contributed by atoms with Crippen LogP contribution in [-0.4, -0.2) is 34.5 Å². The summed E-state index contributed by atoms with van der Waals surface area (Å²) < 4.78 is 16.0. The van der Waals surface area contributed by atoms with Crippen LogP contribution in [-0.2, 0) is 6.54 Å². The fourth-order valence-electron chi connectivity index (χ4n) is 3.59. The van der Waals surface area contributed by atoms with Crippen molar-refractivity contribution >= 4 is 28.3 Å². The first kappa shape index (κ1) is 20.3. The number of nitrogens with zero attached hydrogens (tertiary/aromatic N) is 4. The van der Waals surface area contributed by atoms with Crippen LogP contribution >= 0.6 is 0 Å². The van der Waals surface area contributed by atoms with Crippen molar-refractivity contribution in [3.05, 3.63) is 77.4 Å². The minimum absolute atomic E-state index is 0.129. The molecular weight excluding hydrogens is 395 g/mol. The summed E-state index contributed by atoms with van der Waals surface area (Å²) in [4.78, 5) is 23.0. The van der Waals surface area contributed by atoms with E-state index in [1.165, 1.54) is 6.07 Å². The maximum atomic E-state index is 14.2. The lowest BCUT2D eigenvalue weighted by Gasteiger charge is -2.18. The molecule has 8 heteroatoms. The van der Waals surface area contributed by atoms with Crippen LogP contribution in [0, 0.1) is 12.7 Å². The molecule has 1 amide bonds. The number of nitrogens with two attached hydrogens (primary N) is 1. The normalized spacial score (nSPS) is 11.0. The molecule has 4 rings (SSSR count). The molecule has 7 nitrogen and oxygen atoms in total. The number of fused-ring (bicyclic) bond motifs is 1. The Bertz CT molecular complexity index is 1270. The van der Waals surface area contributed by atoms with Gasteiger partial charge in [0.15, 0.2) is 5.82 Å². The molecule has 0 bridgehead atoms. The second-order valence-corrected chi connectivity index (χ2v) is 7.51. The van der Waals surface area contributed by atoms with E-state index in [-0.39, 0.29) is 5.56 Å². The SMILES string of the molecule is Cc1cc2c(C(N)=O)cc(F)cc2n1-c1ncc(N(C)C)c(NCc2ccccc2)n1. The maximum Gasteiger partial charge on any atom is 0.249 e. The van der Waals surface area contributed by atoms with E-state index in [0.717, 1.165) is 23.0 Å². The third kappa shape index (κ3) is 3.92. The number of carbonyl (C=O) groups excluding carboxylic acids is 1. The van der Waals surface area contributed by atoms with Crippen LogP contribution in [0.2, 0.25) is 0 Å². The molecule has 4 aromatic rings. The van der Waals surface area contributed by atoms with Gasteiger partial charge >= 0.3 is 0 Å². The fraction of sp³-hybridized carbons (Fsp3) is 0.174. The first-order valence-corrected chi connectivity index (χ1v) is 9.79. The lowest BCUT2D eigenvalue weighted by Crippen LogP contribution is -2.16. The Morgan fingerprint density at radius 1 is 1.19 bits per heavy atom. The van der Waals surface area contributed by atoms with Gasteiger partial charge in [-0.1, -0.05) is 30.3 Å². The zero-order valence-electron chi connectivity index (χ0n) is 17.6. The van der Waals surface area contributed by atoms with Crippen LogP contribution < -0.4 is 16.0 Å². The highest BCUT2D eigenvalue weighted by Gasteiger charge is 2.18. The Kier molecular flexibility index (Phi) is 5.29. The van der Waals surface area contributed by atoms with Crippen LogP contribution in [0.1, 0.15) is 21.6 Å². The van der Waals surface area contributed by atoms with E-state index in [4.69, 9.17) is 10.7 Å². The molecule has 2 heterocycles. The molecule has 0 aliphatic heterocycles. The van der Waals surface area contributed by atoms with Gasteiger partial charge in [0.05, 0.1) is 23.0 Å². The number of nitrogens with one attached hydrogen (secondary N) is 1. The average Bonchev–Trinajstić information content (AvgIpc) is 3.07. The minimum Gasteiger partial charge on any atom is -0.373 e. The highest BCUT2D eigenvalue weighted by Crippen LogP contribution is 2.29. The summed E-state index contributed by atoms with van der Waals surface area (Å²) >= 11 is 0. The largest absolute Gasteiger partial charge is 0.373 e. The molecule has 0 unspecified atom stereocenters. The van der Waals surface area contributed by atoms with Crippen molar-refractivity contribution in [3.63, 3.8) is 0 Å². The fourth-order valence-corrected chi connectivity index (χ4v) is 3.59. The molecule has 0 saturated heterocycles. The number of halogens is 1. The van der Waals surface area contributed by atoms with E-state index in [9.17, 15) is 9.18 Å². The molecule has 3 N–H and O–H groups in total. The number of aromatic nitrogens is 3. The van der Waals surface area contributed by atoms with Gasteiger partial charge in [-0.15, -0.1) is 0 Å². The molecule has 0 saturated carbocycles. The number of hydrogen-bond donors (Lipinski definition) is 2. The Labute approximate surface area is 179 Å². The van der Waals surface area contributed by atoms with Gasteiger partial charge in [-0.05, 0) is 30.7 Å². The zero-order chi connectivity index (χ0) is 22.1. The van der Waals surface area contributed by atoms with E-state index < -0.39 is 11.7 Å². The molecule has 0 aliphatic carbocycles. The number of amides is 1. The van der Waals surface area contributed by atoms with Gasteiger partial charge < -0.3 is 16.0 Å². The molecule has 31 heavy (non-hydrogen) atoms. The van der Waals surface area contributed by atoms with E-state index in [1.54, 1.807) is 16.8 Å². The second kappa shape index (κ2) is 8.06. The second-order valence-electron chi connectivity index (χ2n) is 7.51. The predicted octanol–water partition coefficient (Wildman–Crippen LogP) is 3.65. The van der Waals surface area contributed by atoms with Crippen LogP contribution in [0.5, 0.6) is 0 Å². The molecule has 2 aromatic carbocycles. The number of benzene rings is 2. The van der Waals surface area contributed by atoms with Gasteiger partial charge in [-0.2, -0.15) is 4.98 Å². The quantitative estimate of drug-likeness (QED) is 0.499. The zero-order valence-corrected chi connectivity index (χ0v) is 17.6. The molecule has 158 valence electrons. The number of aryl methyl sites for hydroxylation is 1. The Morgan fingerprint density at radius 2 is 1.94 bits per heavy atom.